The Balaban J connectivity index is 0.000000250. The zero-order valence-corrected chi connectivity index (χ0v) is 7.82. The van der Waals surface area contributed by atoms with Crippen molar-refractivity contribution < 1.29 is 0 Å². The van der Waals surface area contributed by atoms with E-state index in [4.69, 9.17) is 0 Å². The Morgan fingerprint density at radius 2 is 2.33 bits per heavy atom. The van der Waals surface area contributed by atoms with Crippen LogP contribution in [0.15, 0.2) is 18.5 Å². The zero-order chi connectivity index (χ0) is 3.54. The van der Waals surface area contributed by atoms with E-state index in [1.54, 1.807) is 18.5 Å². The van der Waals surface area contributed by atoms with Crippen molar-refractivity contribution in [2.45, 2.75) is 0 Å². The van der Waals surface area contributed by atoms with Gasteiger partial charge in [0.2, 0.25) is 0 Å². The molecule has 1 heterocycles. The van der Waals surface area contributed by atoms with E-state index in [9.17, 15) is 0 Å². The van der Waals surface area contributed by atoms with E-state index in [-0.39, 0.29) is 19.8 Å². The second-order valence-electron chi connectivity index (χ2n) is 0.722. The molecular formula is C3H5GaN2-. The first kappa shape index (κ1) is 5.85. The monoisotopic (exact) mass is 138 g/mol. The van der Waals surface area contributed by atoms with Crippen molar-refractivity contribution in [3.63, 3.8) is 0 Å². The minimum atomic E-state index is 0. The summed E-state index contributed by atoms with van der Waals surface area (Å²) in [4.78, 5) is 0. The molecule has 0 amide bonds. The summed E-state index contributed by atoms with van der Waals surface area (Å²) in [6, 6.07) is 1.78. The van der Waals surface area contributed by atoms with Crippen molar-refractivity contribution in [1.29, 1.82) is 0 Å². The molecule has 0 atom stereocenters. The molecule has 0 aromatic carbocycles. The molecule has 0 aliphatic rings. The van der Waals surface area contributed by atoms with E-state index in [0.29, 0.717) is 0 Å². The molecule has 31 valence electrons. The minimum absolute atomic E-state index is 0. The van der Waals surface area contributed by atoms with Crippen molar-refractivity contribution >= 4 is 19.8 Å². The van der Waals surface area contributed by atoms with Gasteiger partial charge in [-0.3, -0.25) is 0 Å². The van der Waals surface area contributed by atoms with Gasteiger partial charge in [-0.25, -0.2) is 0 Å². The Hall–Kier alpha value is -0.154. The third-order valence-corrected chi connectivity index (χ3v) is 0.372. The number of hydrogen-bond donors (Lipinski definition) is 0. The van der Waals surface area contributed by atoms with Crippen LogP contribution in [-0.4, -0.2) is 24.9 Å². The van der Waals surface area contributed by atoms with Crippen LogP contribution < -0.4 is 5.10 Å². The van der Waals surface area contributed by atoms with E-state index < -0.39 is 0 Å². The molecule has 1 rings (SSSR count). The fourth-order valence-corrected chi connectivity index (χ4v) is 0.192. The van der Waals surface area contributed by atoms with Crippen LogP contribution in [-0.2, 0) is 0 Å². The molecule has 0 aliphatic heterocycles. The molecule has 0 unspecified atom stereocenters. The molecule has 0 N–H and O–H groups in total. The van der Waals surface area contributed by atoms with E-state index in [1.807, 2.05) is 0 Å². The first-order valence-electron chi connectivity index (χ1n) is 1.38. The summed E-state index contributed by atoms with van der Waals surface area (Å²) in [6.45, 7) is 0. The van der Waals surface area contributed by atoms with Gasteiger partial charge in [-0.15, -0.1) is 0 Å². The van der Waals surface area contributed by atoms with Gasteiger partial charge >= 0.3 is 19.8 Å². The maximum Gasteiger partial charge on any atom is 0.00194 e. The van der Waals surface area contributed by atoms with Gasteiger partial charge < -0.3 is 10.2 Å². The van der Waals surface area contributed by atoms with Crippen LogP contribution in [0.1, 0.15) is 0 Å². The van der Waals surface area contributed by atoms with E-state index in [0.717, 1.165) is 0 Å². The van der Waals surface area contributed by atoms with Crippen molar-refractivity contribution in [2.75, 3.05) is 0 Å². The molecule has 0 fully saturated rings. The predicted octanol–water partition coefficient (Wildman–Crippen LogP) is -0.877. The van der Waals surface area contributed by atoms with Gasteiger partial charge in [0.05, 0.1) is 0 Å². The number of rotatable bonds is 0. The van der Waals surface area contributed by atoms with Gasteiger partial charge in [-0.05, 0) is 0 Å². The summed E-state index contributed by atoms with van der Waals surface area (Å²) < 4.78 is 0. The summed E-state index contributed by atoms with van der Waals surface area (Å²) in [7, 11) is 0. The Morgan fingerprint density at radius 1 is 1.50 bits per heavy atom. The topological polar surface area (TPSA) is 27.0 Å². The Bertz CT molecular complexity index is 65.3. The van der Waals surface area contributed by atoms with Crippen LogP contribution >= 0.6 is 0 Å². The number of nitrogens with zero attached hydrogens (tertiary/aromatic N) is 2. The average molecular weight is 139 g/mol. The van der Waals surface area contributed by atoms with Gasteiger partial charge in [0, 0.05) is 6.20 Å². The smallest absolute Gasteiger partial charge is 0.00194 e. The van der Waals surface area contributed by atoms with Crippen molar-refractivity contribution in [2.24, 2.45) is 0 Å². The van der Waals surface area contributed by atoms with Crippen LogP contribution in [0, 0.1) is 0 Å². The van der Waals surface area contributed by atoms with E-state index in [1.165, 1.54) is 0 Å². The summed E-state index contributed by atoms with van der Waals surface area (Å²) in [6.07, 6.45) is 3.28. The van der Waals surface area contributed by atoms with Gasteiger partial charge in [-0.2, -0.15) is 6.20 Å². The molecule has 0 aliphatic carbocycles. The van der Waals surface area contributed by atoms with Crippen LogP contribution in [0.4, 0.5) is 0 Å². The summed E-state index contributed by atoms with van der Waals surface area (Å²) in [5.74, 6) is 0. The number of hydrogen-bond acceptors (Lipinski definition) is 1. The molecule has 2 nitrogen and oxygen atoms in total. The molecular weight excluding hydrogens is 134 g/mol. The first-order valence-corrected chi connectivity index (χ1v) is 1.38. The van der Waals surface area contributed by atoms with Crippen LogP contribution in [0.5, 0.6) is 0 Å². The Kier molecular flexibility index (Phi) is 2.97. The van der Waals surface area contributed by atoms with Crippen molar-refractivity contribution in [3.8, 4) is 0 Å². The molecule has 0 saturated heterocycles. The minimum Gasteiger partial charge on any atom is -0.582 e. The van der Waals surface area contributed by atoms with Crippen molar-refractivity contribution in [1.82, 2.24) is 10.2 Å². The molecule has 3 heteroatoms. The standard InChI is InChI=1S/C3H3N2.Ga.2H/c1-2-4-5-3-1;;;/h1-3H;;;/q-1;;;. The third kappa shape index (κ3) is 1.33. The Morgan fingerprint density at radius 3 is 2.50 bits per heavy atom. The molecule has 6 heavy (non-hydrogen) atoms. The quantitative estimate of drug-likeness (QED) is 0.436. The summed E-state index contributed by atoms with van der Waals surface area (Å²) in [5.41, 5.74) is 0. The van der Waals surface area contributed by atoms with Crippen LogP contribution in [0.2, 0.25) is 0 Å². The molecule has 1 aromatic rings. The second kappa shape index (κ2) is 3.05. The average Bonchev–Trinajstić information content (AvgIpc) is 1.76. The largest absolute Gasteiger partial charge is 0.582 e. The third-order valence-electron chi connectivity index (χ3n) is 0.372. The van der Waals surface area contributed by atoms with Crippen LogP contribution in [0.25, 0.3) is 0 Å². The fraction of sp³-hybridized carbons (Fsp3) is 0. The normalized spacial score (nSPS) is 6.67. The van der Waals surface area contributed by atoms with E-state index >= 15 is 0 Å². The van der Waals surface area contributed by atoms with Crippen LogP contribution in [0.3, 0.4) is 0 Å². The molecule has 0 saturated carbocycles. The fourth-order valence-electron chi connectivity index (χ4n) is 0.192. The molecule has 0 bridgehead atoms. The maximum absolute atomic E-state index is 3.47. The molecule has 1 radical (unpaired) electrons. The zero-order valence-electron chi connectivity index (χ0n) is 3.63. The van der Waals surface area contributed by atoms with E-state index in [2.05, 4.69) is 10.2 Å². The second-order valence-corrected chi connectivity index (χ2v) is 0.722. The Labute approximate surface area is 49.0 Å². The maximum atomic E-state index is 3.47. The van der Waals surface area contributed by atoms with Gasteiger partial charge in [0.1, 0.15) is 0 Å². The molecule has 1 aromatic heterocycles. The van der Waals surface area contributed by atoms with Gasteiger partial charge in [-0.1, -0.05) is 6.07 Å². The van der Waals surface area contributed by atoms with Gasteiger partial charge in [0.25, 0.3) is 0 Å². The summed E-state index contributed by atoms with van der Waals surface area (Å²) >= 11 is 0. The SMILES string of the molecule is [GaH2].c1cn[n-]c1. The number of aromatic nitrogens is 2. The summed E-state index contributed by atoms with van der Waals surface area (Å²) in [5, 5.41) is 6.94. The van der Waals surface area contributed by atoms with Crippen molar-refractivity contribution in [3.05, 3.63) is 18.5 Å². The molecule has 0 spiro atoms. The predicted molar refractivity (Wildman–Crippen MR) is 26.1 cm³/mol. The van der Waals surface area contributed by atoms with Gasteiger partial charge in [0.15, 0.2) is 0 Å². The first-order chi connectivity index (χ1) is 2.50.